The maximum Gasteiger partial charge on any atom is 0.764 e. The summed E-state index contributed by atoms with van der Waals surface area (Å²) < 4.78 is 13.7. The first kappa shape index (κ1) is 16.4. The van der Waals surface area contributed by atoms with Crippen LogP contribution in [0.25, 0.3) is 0 Å². The molecule has 0 aromatic rings. The van der Waals surface area contributed by atoms with E-state index in [-0.39, 0.29) is 30.6 Å². The van der Waals surface area contributed by atoms with E-state index in [2.05, 4.69) is 17.6 Å². The Balaban J connectivity index is -0.000000149. The zero-order valence-electron chi connectivity index (χ0n) is 5.04. The maximum atomic E-state index is 9.61. The molecular weight excluding hydrogens is 167 g/mol. The predicted octanol–water partition coefficient (Wildman–Crippen LogP) is -1.98. The Hall–Kier alpha value is -0.151. The van der Waals surface area contributed by atoms with Crippen molar-refractivity contribution in [3.8, 4) is 0 Å². The molecule has 2 N–H and O–H groups in total. The lowest BCUT2D eigenvalue weighted by Crippen LogP contribution is -2.08. The van der Waals surface area contributed by atoms with Crippen LogP contribution in [0.3, 0.4) is 0 Å². The summed E-state index contributed by atoms with van der Waals surface area (Å²) in [6.07, 6.45) is 0. The highest BCUT2D eigenvalue weighted by Crippen LogP contribution is 1.65. The zero-order valence-corrected chi connectivity index (χ0v) is 6.04. The van der Waals surface area contributed by atoms with Crippen LogP contribution in [0, 0.1) is 0 Å². The number of aliphatic hydroxyl groups is 1. The van der Waals surface area contributed by atoms with Crippen LogP contribution in [0.1, 0.15) is 0 Å². The van der Waals surface area contributed by atoms with Gasteiger partial charge >= 0.3 is 9.17 Å². The van der Waals surface area contributed by atoms with Gasteiger partial charge in [-0.3, -0.25) is 4.46 Å². The fourth-order valence-electron chi connectivity index (χ4n) is 0.133. The third kappa shape index (κ3) is 24.9. The molecule has 0 radical (unpaired) electrons. The Morgan fingerprint density at radius 2 is 1.90 bits per heavy atom. The van der Waals surface area contributed by atoms with Gasteiger partial charge in [0.25, 0.3) is 0 Å². The summed E-state index contributed by atoms with van der Waals surface area (Å²) in [4.78, 5) is 7.90. The van der Waals surface area contributed by atoms with Gasteiger partial charge in [0.1, 0.15) is 0 Å². The molecule has 0 saturated heterocycles. The monoisotopic (exact) mass is 180 g/mol. The molecule has 0 aliphatic heterocycles. The van der Waals surface area contributed by atoms with Crippen LogP contribution in [0.15, 0.2) is 13.2 Å². The largest absolute Gasteiger partial charge is 0.764 e. The lowest BCUT2D eigenvalue weighted by molar-refractivity contribution is 0.163. The first-order valence-corrected chi connectivity index (χ1v) is 3.50. The lowest BCUT2D eigenvalue weighted by atomic mass is 10.8. The number of hydrogen-bond acceptors (Lipinski definition) is 3. The highest BCUT2D eigenvalue weighted by Gasteiger charge is 1.99. The fourth-order valence-corrected chi connectivity index (χ4v) is 0.399. The molecular formula is C4H13AlO4Si. The summed E-state index contributed by atoms with van der Waals surface area (Å²) in [7, 11) is -2.81. The predicted molar refractivity (Wildman–Crippen MR) is 42.9 cm³/mol. The number of rotatable bonds is 3. The SMILES string of the molecule is C=C.O=[Si](O)OCCO.[AlH3]. The van der Waals surface area contributed by atoms with E-state index in [0.717, 1.165) is 0 Å². The van der Waals surface area contributed by atoms with Crippen molar-refractivity contribution in [2.75, 3.05) is 13.2 Å². The van der Waals surface area contributed by atoms with Gasteiger partial charge < -0.3 is 14.3 Å². The van der Waals surface area contributed by atoms with Crippen molar-refractivity contribution in [2.45, 2.75) is 0 Å². The molecule has 0 aliphatic carbocycles. The van der Waals surface area contributed by atoms with Gasteiger partial charge in [0, 0.05) is 0 Å². The van der Waals surface area contributed by atoms with Crippen LogP contribution < -0.4 is 0 Å². The Bertz CT molecular complexity index is 79.7. The second-order valence-corrected chi connectivity index (χ2v) is 1.66. The second-order valence-electron chi connectivity index (χ2n) is 0.838. The molecule has 0 aromatic heterocycles. The Morgan fingerprint density at radius 1 is 1.50 bits per heavy atom. The fraction of sp³-hybridized carbons (Fsp3) is 0.500. The molecule has 0 atom stereocenters. The van der Waals surface area contributed by atoms with Gasteiger partial charge in [-0.05, 0) is 0 Å². The van der Waals surface area contributed by atoms with E-state index in [1.54, 1.807) is 0 Å². The molecule has 0 saturated carbocycles. The smallest absolute Gasteiger partial charge is 0.511 e. The Kier molecular flexibility index (Phi) is 26.2. The topological polar surface area (TPSA) is 66.8 Å². The van der Waals surface area contributed by atoms with E-state index in [1.165, 1.54) is 0 Å². The Labute approximate surface area is 72.2 Å². The summed E-state index contributed by atoms with van der Waals surface area (Å²) in [5, 5.41) is 7.96. The highest BCUT2D eigenvalue weighted by atomic mass is 28.3. The van der Waals surface area contributed by atoms with Crippen molar-refractivity contribution in [3.05, 3.63) is 13.2 Å². The summed E-state index contributed by atoms with van der Waals surface area (Å²) in [6, 6.07) is 0. The van der Waals surface area contributed by atoms with Crippen molar-refractivity contribution in [1.82, 2.24) is 0 Å². The van der Waals surface area contributed by atoms with Crippen molar-refractivity contribution in [1.29, 1.82) is 0 Å². The van der Waals surface area contributed by atoms with E-state index in [0.29, 0.717) is 0 Å². The first-order chi connectivity index (χ1) is 4.27. The van der Waals surface area contributed by atoms with E-state index in [4.69, 9.17) is 9.90 Å². The summed E-state index contributed by atoms with van der Waals surface area (Å²) in [5.74, 6) is 0. The van der Waals surface area contributed by atoms with E-state index < -0.39 is 9.17 Å². The molecule has 6 heteroatoms. The van der Waals surface area contributed by atoms with Crippen LogP contribution >= 0.6 is 0 Å². The van der Waals surface area contributed by atoms with Crippen LogP contribution in [-0.2, 0) is 8.89 Å². The van der Waals surface area contributed by atoms with Crippen LogP contribution in [0.2, 0.25) is 0 Å². The number of aliphatic hydroxyl groups excluding tert-OH is 1. The van der Waals surface area contributed by atoms with E-state index in [9.17, 15) is 4.46 Å². The summed E-state index contributed by atoms with van der Waals surface area (Å²) in [6.45, 7) is 5.73. The molecule has 0 rings (SSSR count). The highest BCUT2D eigenvalue weighted by molar-refractivity contribution is 6.24. The van der Waals surface area contributed by atoms with Crippen LogP contribution in [0.4, 0.5) is 0 Å². The van der Waals surface area contributed by atoms with E-state index >= 15 is 0 Å². The average molecular weight is 180 g/mol. The quantitative estimate of drug-likeness (QED) is 0.390. The molecule has 0 fully saturated rings. The van der Waals surface area contributed by atoms with Gasteiger partial charge in [0.05, 0.1) is 13.2 Å². The minimum Gasteiger partial charge on any atom is -0.511 e. The molecule has 10 heavy (non-hydrogen) atoms. The van der Waals surface area contributed by atoms with Gasteiger partial charge in [-0.2, -0.15) is 0 Å². The van der Waals surface area contributed by atoms with Crippen molar-refractivity contribution < 1.29 is 18.8 Å². The molecule has 0 aromatic carbocycles. The minimum atomic E-state index is -2.81. The van der Waals surface area contributed by atoms with Gasteiger partial charge in [-0.1, -0.05) is 0 Å². The molecule has 4 nitrogen and oxygen atoms in total. The van der Waals surface area contributed by atoms with Crippen molar-refractivity contribution in [2.24, 2.45) is 0 Å². The van der Waals surface area contributed by atoms with Crippen molar-refractivity contribution >= 4 is 26.5 Å². The van der Waals surface area contributed by atoms with Crippen molar-refractivity contribution in [3.63, 3.8) is 0 Å². The standard InChI is InChI=1S/C2H6O4Si.C2H4.Al.3H/c3-1-2-6-7(4)5;1-2;;;;/h3-4H,1-2H2;1-2H2;;;;. The molecule has 0 heterocycles. The first-order valence-electron chi connectivity index (χ1n) is 2.24. The van der Waals surface area contributed by atoms with E-state index in [1.807, 2.05) is 0 Å². The lowest BCUT2D eigenvalue weighted by Gasteiger charge is -1.90. The molecule has 0 spiro atoms. The van der Waals surface area contributed by atoms with Gasteiger partial charge in [-0.15, -0.1) is 13.2 Å². The molecule has 0 unspecified atom stereocenters. The molecule has 0 amide bonds. The third-order valence-corrected chi connectivity index (χ3v) is 0.768. The molecule has 60 valence electrons. The van der Waals surface area contributed by atoms with Crippen LogP contribution in [0.5, 0.6) is 0 Å². The maximum absolute atomic E-state index is 9.61. The van der Waals surface area contributed by atoms with Gasteiger partial charge in [-0.25, -0.2) is 0 Å². The Morgan fingerprint density at radius 3 is 2.00 bits per heavy atom. The van der Waals surface area contributed by atoms with Gasteiger partial charge in [0.2, 0.25) is 0 Å². The minimum absolute atomic E-state index is 0. The third-order valence-electron chi connectivity index (χ3n) is 0.317. The number of hydrogen-bond donors (Lipinski definition) is 2. The van der Waals surface area contributed by atoms with Crippen LogP contribution in [-0.4, -0.2) is 49.6 Å². The normalized spacial score (nSPS) is 6.10. The summed E-state index contributed by atoms with van der Waals surface area (Å²) in [5.41, 5.74) is 0. The summed E-state index contributed by atoms with van der Waals surface area (Å²) >= 11 is 0. The zero-order chi connectivity index (χ0) is 7.70. The second kappa shape index (κ2) is 15.9. The molecule has 0 bridgehead atoms. The van der Waals surface area contributed by atoms with Gasteiger partial charge in [0.15, 0.2) is 17.4 Å². The average Bonchev–Trinajstić information content (AvgIpc) is 1.88. The molecule has 0 aliphatic rings.